The second kappa shape index (κ2) is 7.98. The van der Waals surface area contributed by atoms with Gasteiger partial charge in [0.25, 0.3) is 5.91 Å². The quantitative estimate of drug-likeness (QED) is 0.807. The van der Waals surface area contributed by atoms with Crippen LogP contribution in [0.25, 0.3) is 0 Å². The molecule has 0 spiro atoms. The maximum atomic E-state index is 12.3. The van der Waals surface area contributed by atoms with Crippen molar-refractivity contribution in [2.45, 2.75) is 39.2 Å². The van der Waals surface area contributed by atoms with Gasteiger partial charge < -0.3 is 15.5 Å². The zero-order chi connectivity index (χ0) is 15.1. The van der Waals surface area contributed by atoms with Gasteiger partial charge in [-0.05, 0) is 51.8 Å². The van der Waals surface area contributed by atoms with E-state index in [9.17, 15) is 4.79 Å². The summed E-state index contributed by atoms with van der Waals surface area (Å²) in [6, 6.07) is 4.40. The molecule has 5 heteroatoms. The summed E-state index contributed by atoms with van der Waals surface area (Å²) in [5.41, 5.74) is 1.49. The van der Waals surface area contributed by atoms with Crippen LogP contribution in [0, 0.1) is 0 Å². The summed E-state index contributed by atoms with van der Waals surface area (Å²) in [6.45, 7) is 7.45. The van der Waals surface area contributed by atoms with Crippen molar-refractivity contribution in [1.82, 2.24) is 15.2 Å². The van der Waals surface area contributed by atoms with Gasteiger partial charge in [0.2, 0.25) is 0 Å². The number of aromatic nitrogens is 1. The maximum Gasteiger partial charge on any atom is 0.272 e. The molecule has 1 fully saturated rings. The van der Waals surface area contributed by atoms with Crippen molar-refractivity contribution < 1.29 is 4.79 Å². The van der Waals surface area contributed by atoms with Crippen LogP contribution in [0.3, 0.4) is 0 Å². The number of rotatable bonds is 7. The third kappa shape index (κ3) is 4.43. The first kappa shape index (κ1) is 15.8. The first-order valence-electron chi connectivity index (χ1n) is 7.97. The third-order valence-electron chi connectivity index (χ3n) is 4.01. The average molecular weight is 290 g/mol. The van der Waals surface area contributed by atoms with Gasteiger partial charge in [-0.25, -0.2) is 0 Å². The molecule has 1 unspecified atom stereocenters. The molecule has 1 aliphatic heterocycles. The number of anilines is 1. The standard InChI is InChI=1S/C16H26N4O/c1-3-20(4-2)16(21)15-12-14(8-11-19-15)18-10-7-13-6-5-9-17-13/h8,11-13,17H,3-7,9-10H2,1-2H3,(H,18,19). The van der Waals surface area contributed by atoms with Crippen LogP contribution >= 0.6 is 0 Å². The lowest BCUT2D eigenvalue weighted by Gasteiger charge is -2.18. The highest BCUT2D eigenvalue weighted by Gasteiger charge is 2.15. The largest absolute Gasteiger partial charge is 0.385 e. The molecule has 0 bridgehead atoms. The van der Waals surface area contributed by atoms with E-state index >= 15 is 0 Å². The van der Waals surface area contributed by atoms with Crippen LogP contribution in [-0.2, 0) is 0 Å². The highest BCUT2D eigenvalue weighted by atomic mass is 16.2. The molecule has 1 saturated heterocycles. The van der Waals surface area contributed by atoms with E-state index in [-0.39, 0.29) is 5.91 Å². The summed E-state index contributed by atoms with van der Waals surface area (Å²) in [5, 5.41) is 6.88. The summed E-state index contributed by atoms with van der Waals surface area (Å²) in [6.07, 6.45) is 5.36. The highest BCUT2D eigenvalue weighted by Crippen LogP contribution is 2.12. The molecule has 2 heterocycles. The van der Waals surface area contributed by atoms with Gasteiger partial charge in [-0.2, -0.15) is 0 Å². The Morgan fingerprint density at radius 1 is 1.48 bits per heavy atom. The highest BCUT2D eigenvalue weighted by molar-refractivity contribution is 5.93. The molecule has 0 aromatic carbocycles. The minimum atomic E-state index is 0.00103. The third-order valence-corrected chi connectivity index (χ3v) is 4.01. The van der Waals surface area contributed by atoms with Crippen LogP contribution in [0.2, 0.25) is 0 Å². The molecule has 1 aromatic rings. The Labute approximate surface area is 127 Å². The Morgan fingerprint density at radius 3 is 2.95 bits per heavy atom. The number of amides is 1. The molecule has 0 radical (unpaired) electrons. The van der Waals surface area contributed by atoms with Crippen molar-refractivity contribution in [2.24, 2.45) is 0 Å². The van der Waals surface area contributed by atoms with Gasteiger partial charge in [-0.15, -0.1) is 0 Å². The number of carbonyl (C=O) groups is 1. The lowest BCUT2D eigenvalue weighted by molar-refractivity contribution is 0.0767. The smallest absolute Gasteiger partial charge is 0.272 e. The van der Waals surface area contributed by atoms with E-state index < -0.39 is 0 Å². The number of nitrogens with zero attached hydrogens (tertiary/aromatic N) is 2. The summed E-state index contributed by atoms with van der Waals surface area (Å²) >= 11 is 0. The normalized spacial score (nSPS) is 17.7. The van der Waals surface area contributed by atoms with Gasteiger partial charge in [-0.3, -0.25) is 9.78 Å². The molecular weight excluding hydrogens is 264 g/mol. The number of carbonyl (C=O) groups excluding carboxylic acids is 1. The van der Waals surface area contributed by atoms with Gasteiger partial charge in [0.15, 0.2) is 0 Å². The summed E-state index contributed by atoms with van der Waals surface area (Å²) in [4.78, 5) is 18.3. The minimum absolute atomic E-state index is 0.00103. The van der Waals surface area contributed by atoms with E-state index in [1.165, 1.54) is 12.8 Å². The molecular formula is C16H26N4O. The number of pyridine rings is 1. The van der Waals surface area contributed by atoms with E-state index in [0.29, 0.717) is 24.8 Å². The first-order valence-corrected chi connectivity index (χ1v) is 7.97. The molecule has 2 rings (SSSR count). The molecule has 1 atom stereocenters. The number of hydrogen-bond acceptors (Lipinski definition) is 4. The summed E-state index contributed by atoms with van der Waals surface area (Å²) in [7, 11) is 0. The Morgan fingerprint density at radius 2 is 2.29 bits per heavy atom. The second-order valence-corrected chi connectivity index (χ2v) is 5.42. The van der Waals surface area contributed by atoms with Gasteiger partial charge >= 0.3 is 0 Å². The topological polar surface area (TPSA) is 57.3 Å². The van der Waals surface area contributed by atoms with E-state index in [0.717, 1.165) is 25.2 Å². The van der Waals surface area contributed by atoms with Gasteiger partial charge in [0.05, 0.1) is 0 Å². The molecule has 5 nitrogen and oxygen atoms in total. The van der Waals surface area contributed by atoms with Crippen molar-refractivity contribution in [2.75, 3.05) is 31.5 Å². The van der Waals surface area contributed by atoms with Crippen molar-refractivity contribution in [3.8, 4) is 0 Å². The predicted molar refractivity (Wildman–Crippen MR) is 85.6 cm³/mol. The zero-order valence-corrected chi connectivity index (χ0v) is 13.1. The molecule has 1 amide bonds. The monoisotopic (exact) mass is 290 g/mol. The second-order valence-electron chi connectivity index (χ2n) is 5.42. The lowest BCUT2D eigenvalue weighted by Crippen LogP contribution is -2.31. The Balaban J connectivity index is 1.89. The van der Waals surface area contributed by atoms with Crippen LogP contribution in [-0.4, -0.2) is 48.0 Å². The first-order chi connectivity index (χ1) is 10.2. The Kier molecular flexibility index (Phi) is 5.99. The lowest BCUT2D eigenvalue weighted by atomic mass is 10.1. The van der Waals surface area contributed by atoms with Crippen molar-refractivity contribution in [3.05, 3.63) is 24.0 Å². The van der Waals surface area contributed by atoms with E-state index in [1.807, 2.05) is 26.0 Å². The van der Waals surface area contributed by atoms with Gasteiger partial charge in [0.1, 0.15) is 5.69 Å². The van der Waals surface area contributed by atoms with Crippen molar-refractivity contribution in [1.29, 1.82) is 0 Å². The predicted octanol–water partition coefficient (Wildman–Crippen LogP) is 2.12. The van der Waals surface area contributed by atoms with Gasteiger partial charge in [-0.1, -0.05) is 0 Å². The molecule has 0 saturated carbocycles. The Bertz CT molecular complexity index is 453. The summed E-state index contributed by atoms with van der Waals surface area (Å²) in [5.74, 6) is 0.00103. The molecule has 1 aliphatic rings. The molecule has 116 valence electrons. The molecule has 2 N–H and O–H groups in total. The number of nitrogens with one attached hydrogen (secondary N) is 2. The summed E-state index contributed by atoms with van der Waals surface area (Å²) < 4.78 is 0. The number of hydrogen-bond donors (Lipinski definition) is 2. The van der Waals surface area contributed by atoms with Crippen LogP contribution in [0.4, 0.5) is 5.69 Å². The fraction of sp³-hybridized carbons (Fsp3) is 0.625. The van der Waals surface area contributed by atoms with E-state index in [1.54, 1.807) is 11.1 Å². The van der Waals surface area contributed by atoms with Crippen LogP contribution in [0.15, 0.2) is 18.3 Å². The minimum Gasteiger partial charge on any atom is -0.385 e. The van der Waals surface area contributed by atoms with Crippen molar-refractivity contribution in [3.63, 3.8) is 0 Å². The van der Waals surface area contributed by atoms with Gasteiger partial charge in [0, 0.05) is 37.6 Å². The van der Waals surface area contributed by atoms with Crippen LogP contribution < -0.4 is 10.6 Å². The zero-order valence-electron chi connectivity index (χ0n) is 13.1. The maximum absolute atomic E-state index is 12.3. The van der Waals surface area contributed by atoms with E-state index in [2.05, 4.69) is 15.6 Å². The van der Waals surface area contributed by atoms with Crippen LogP contribution in [0.5, 0.6) is 0 Å². The molecule has 0 aliphatic carbocycles. The van der Waals surface area contributed by atoms with Crippen molar-refractivity contribution >= 4 is 11.6 Å². The van der Waals surface area contributed by atoms with E-state index in [4.69, 9.17) is 0 Å². The average Bonchev–Trinajstić information content (AvgIpc) is 3.02. The fourth-order valence-corrected chi connectivity index (χ4v) is 2.72. The molecule has 21 heavy (non-hydrogen) atoms. The SMILES string of the molecule is CCN(CC)C(=O)c1cc(NCCC2CCCN2)ccn1. The van der Waals surface area contributed by atoms with Crippen LogP contribution in [0.1, 0.15) is 43.6 Å². The molecule has 1 aromatic heterocycles. The fourth-order valence-electron chi connectivity index (χ4n) is 2.72. The Hall–Kier alpha value is -1.62.